The van der Waals surface area contributed by atoms with E-state index in [-0.39, 0.29) is 17.2 Å². The molecule has 0 bridgehead atoms. The zero-order valence-corrected chi connectivity index (χ0v) is 17.8. The first-order valence-corrected chi connectivity index (χ1v) is 11.4. The number of para-hydroxylation sites is 1. The van der Waals surface area contributed by atoms with Gasteiger partial charge in [-0.25, -0.2) is 8.42 Å². The number of hydrogen-bond donors (Lipinski definition) is 1. The largest absolute Gasteiger partial charge is 0.496 e. The Morgan fingerprint density at radius 1 is 1.10 bits per heavy atom. The van der Waals surface area contributed by atoms with E-state index in [0.29, 0.717) is 30.8 Å². The first-order chi connectivity index (χ1) is 14.0. The van der Waals surface area contributed by atoms with Crippen molar-refractivity contribution < 1.29 is 17.9 Å². The minimum Gasteiger partial charge on any atom is -0.496 e. The molecule has 0 aliphatic carbocycles. The van der Waals surface area contributed by atoms with E-state index in [4.69, 9.17) is 4.74 Å². The summed E-state index contributed by atoms with van der Waals surface area (Å²) < 4.78 is 32.6. The van der Waals surface area contributed by atoms with Crippen LogP contribution in [0.4, 0.5) is 5.69 Å². The van der Waals surface area contributed by atoms with Crippen LogP contribution in [0.3, 0.4) is 0 Å². The van der Waals surface area contributed by atoms with Crippen LogP contribution in [0.2, 0.25) is 0 Å². The molecule has 0 atom stereocenters. The maximum absolute atomic E-state index is 12.8. The van der Waals surface area contributed by atoms with Gasteiger partial charge in [0.05, 0.1) is 12.0 Å². The topological polar surface area (TPSA) is 75.7 Å². The second-order valence-electron chi connectivity index (χ2n) is 7.14. The summed E-state index contributed by atoms with van der Waals surface area (Å²) >= 11 is 0. The Balaban J connectivity index is 1.73. The van der Waals surface area contributed by atoms with Crippen LogP contribution < -0.4 is 10.1 Å². The van der Waals surface area contributed by atoms with Crippen molar-refractivity contribution in [3.63, 3.8) is 0 Å². The molecule has 0 unspecified atom stereocenters. The zero-order valence-electron chi connectivity index (χ0n) is 17.0. The molecule has 1 fully saturated rings. The summed E-state index contributed by atoms with van der Waals surface area (Å²) in [5, 5.41) is 2.95. The molecule has 0 aromatic heterocycles. The van der Waals surface area contributed by atoms with E-state index in [9.17, 15) is 13.2 Å². The summed E-state index contributed by atoms with van der Waals surface area (Å²) in [5.41, 5.74) is 2.61. The van der Waals surface area contributed by atoms with Crippen LogP contribution in [0.5, 0.6) is 5.75 Å². The second-order valence-corrected chi connectivity index (χ2v) is 9.08. The summed E-state index contributed by atoms with van der Waals surface area (Å²) in [6, 6.07) is 12.6. The van der Waals surface area contributed by atoms with Crippen molar-refractivity contribution in [1.29, 1.82) is 0 Å². The average molecular weight is 417 g/mol. The van der Waals surface area contributed by atoms with Crippen LogP contribution in [0.1, 0.15) is 37.3 Å². The molecule has 1 amide bonds. The van der Waals surface area contributed by atoms with Crippen LogP contribution >= 0.6 is 0 Å². The highest BCUT2D eigenvalue weighted by molar-refractivity contribution is 7.89. The predicted octanol–water partition coefficient (Wildman–Crippen LogP) is 3.61. The van der Waals surface area contributed by atoms with E-state index in [1.807, 2.05) is 31.2 Å². The Labute approximate surface area is 172 Å². The number of benzene rings is 2. The molecule has 1 N–H and O–H groups in total. The molecule has 0 radical (unpaired) electrons. The monoisotopic (exact) mass is 416 g/mol. The lowest BCUT2D eigenvalue weighted by molar-refractivity contribution is -0.116. The average Bonchev–Trinajstić information content (AvgIpc) is 3.28. The lowest BCUT2D eigenvalue weighted by atomic mass is 10.1. The van der Waals surface area contributed by atoms with Crippen molar-refractivity contribution in [1.82, 2.24) is 4.31 Å². The van der Waals surface area contributed by atoms with Crippen molar-refractivity contribution >= 4 is 21.6 Å². The molecule has 1 saturated heterocycles. The smallest absolute Gasteiger partial charge is 0.243 e. The summed E-state index contributed by atoms with van der Waals surface area (Å²) in [5.74, 6) is 0.480. The summed E-state index contributed by atoms with van der Waals surface area (Å²) in [4.78, 5) is 12.7. The molecule has 156 valence electrons. The van der Waals surface area contributed by atoms with Gasteiger partial charge in [0.2, 0.25) is 15.9 Å². The van der Waals surface area contributed by atoms with Crippen LogP contribution in [0, 0.1) is 0 Å². The van der Waals surface area contributed by atoms with Gasteiger partial charge < -0.3 is 10.1 Å². The third kappa shape index (κ3) is 4.97. The molecule has 1 heterocycles. The number of ether oxygens (including phenoxy) is 1. The molecule has 0 spiro atoms. The number of nitrogens with one attached hydrogen (secondary N) is 1. The number of anilines is 1. The van der Waals surface area contributed by atoms with Crippen LogP contribution in [0.15, 0.2) is 47.4 Å². The molecular weight excluding hydrogens is 388 g/mol. The van der Waals surface area contributed by atoms with Gasteiger partial charge in [-0.05, 0) is 61.1 Å². The number of nitrogens with zero attached hydrogens (tertiary/aromatic N) is 1. The fraction of sp³-hybridized carbons (Fsp3) is 0.409. The van der Waals surface area contributed by atoms with Crippen molar-refractivity contribution in [2.24, 2.45) is 0 Å². The van der Waals surface area contributed by atoms with E-state index < -0.39 is 10.0 Å². The summed E-state index contributed by atoms with van der Waals surface area (Å²) in [6.45, 7) is 3.16. The number of carbonyl (C=O) groups excluding carboxylic acids is 1. The lowest BCUT2D eigenvalue weighted by Gasteiger charge is -2.17. The maximum Gasteiger partial charge on any atom is 0.243 e. The molecule has 0 saturated carbocycles. The normalized spacial score (nSPS) is 14.7. The first kappa shape index (κ1) is 21.3. The van der Waals surface area contributed by atoms with E-state index in [0.717, 1.165) is 30.5 Å². The number of hydrogen-bond acceptors (Lipinski definition) is 4. The fourth-order valence-corrected chi connectivity index (χ4v) is 5.17. The molecule has 2 aromatic rings. The molecule has 3 rings (SSSR count). The summed E-state index contributed by atoms with van der Waals surface area (Å²) in [6.07, 6.45) is 3.25. The number of amides is 1. The zero-order chi connectivity index (χ0) is 20.9. The van der Waals surface area contributed by atoms with Gasteiger partial charge in [-0.3, -0.25) is 4.79 Å². The highest BCUT2D eigenvalue weighted by atomic mass is 32.2. The number of methoxy groups -OCH3 is 1. The van der Waals surface area contributed by atoms with Crippen molar-refractivity contribution in [2.75, 3.05) is 25.5 Å². The van der Waals surface area contributed by atoms with Gasteiger partial charge in [0, 0.05) is 25.2 Å². The van der Waals surface area contributed by atoms with Crippen LogP contribution in [0.25, 0.3) is 0 Å². The Morgan fingerprint density at radius 3 is 2.52 bits per heavy atom. The number of carbonyl (C=O) groups is 1. The Hall–Kier alpha value is -2.38. The van der Waals surface area contributed by atoms with E-state index >= 15 is 0 Å². The molecule has 7 heteroatoms. The van der Waals surface area contributed by atoms with E-state index in [1.165, 1.54) is 4.31 Å². The minimum atomic E-state index is -3.51. The van der Waals surface area contributed by atoms with Crippen LogP contribution in [-0.4, -0.2) is 38.8 Å². The lowest BCUT2D eigenvalue weighted by Crippen LogP contribution is -2.28. The van der Waals surface area contributed by atoms with Gasteiger partial charge in [0.25, 0.3) is 0 Å². The molecular formula is C22H28N2O4S. The highest BCUT2D eigenvalue weighted by Gasteiger charge is 2.27. The maximum atomic E-state index is 12.8. The van der Waals surface area contributed by atoms with Gasteiger partial charge >= 0.3 is 0 Å². The van der Waals surface area contributed by atoms with Gasteiger partial charge in [0.15, 0.2) is 0 Å². The van der Waals surface area contributed by atoms with E-state index in [2.05, 4.69) is 5.32 Å². The van der Waals surface area contributed by atoms with Gasteiger partial charge in [-0.15, -0.1) is 0 Å². The van der Waals surface area contributed by atoms with E-state index in [1.54, 1.807) is 25.3 Å². The molecule has 6 nitrogen and oxygen atoms in total. The number of sulfonamides is 1. The SMILES string of the molecule is CCc1ccccc1NC(=O)CCc1cc(S(=O)(=O)N2CCCC2)ccc1OC. The molecule has 1 aliphatic rings. The highest BCUT2D eigenvalue weighted by Crippen LogP contribution is 2.27. The second kappa shape index (κ2) is 9.41. The predicted molar refractivity (Wildman–Crippen MR) is 114 cm³/mol. The Kier molecular flexibility index (Phi) is 6.92. The first-order valence-electron chi connectivity index (χ1n) is 10.0. The molecule has 29 heavy (non-hydrogen) atoms. The summed E-state index contributed by atoms with van der Waals surface area (Å²) in [7, 11) is -1.96. The van der Waals surface area contributed by atoms with Gasteiger partial charge in [0.1, 0.15) is 5.75 Å². The minimum absolute atomic E-state index is 0.110. The standard InChI is InChI=1S/C22H28N2O4S/c1-3-17-8-4-5-9-20(17)23-22(25)13-10-18-16-19(11-12-21(18)28-2)29(26,27)24-14-6-7-15-24/h4-5,8-9,11-12,16H,3,6-7,10,13-15H2,1-2H3,(H,23,25). The van der Waals surface area contributed by atoms with Gasteiger partial charge in [-0.1, -0.05) is 25.1 Å². The van der Waals surface area contributed by atoms with Gasteiger partial charge in [-0.2, -0.15) is 4.31 Å². The number of rotatable bonds is 8. The van der Waals surface area contributed by atoms with Crippen LogP contribution in [-0.2, 0) is 27.7 Å². The fourth-order valence-electron chi connectivity index (χ4n) is 3.60. The quantitative estimate of drug-likeness (QED) is 0.713. The molecule has 2 aromatic carbocycles. The van der Waals surface area contributed by atoms with Crippen molar-refractivity contribution in [3.05, 3.63) is 53.6 Å². The third-order valence-corrected chi connectivity index (χ3v) is 7.14. The van der Waals surface area contributed by atoms with Crippen molar-refractivity contribution in [2.45, 2.75) is 43.9 Å². The Bertz CT molecular complexity index is 967. The van der Waals surface area contributed by atoms with Crippen molar-refractivity contribution in [3.8, 4) is 5.75 Å². The Morgan fingerprint density at radius 2 is 1.83 bits per heavy atom. The number of aryl methyl sites for hydroxylation is 2. The molecule has 1 aliphatic heterocycles. The third-order valence-electron chi connectivity index (χ3n) is 5.25.